The molecule has 104 valence electrons. The van der Waals surface area contributed by atoms with Gasteiger partial charge in [-0.2, -0.15) is 0 Å². The van der Waals surface area contributed by atoms with E-state index in [1.165, 1.54) is 12.1 Å². The molecule has 0 radical (unpaired) electrons. The third-order valence-electron chi connectivity index (χ3n) is 2.71. The lowest BCUT2D eigenvalue weighted by Crippen LogP contribution is -2.31. The number of rotatable bonds is 4. The van der Waals surface area contributed by atoms with Crippen molar-refractivity contribution in [2.75, 3.05) is 10.6 Å². The summed E-state index contributed by atoms with van der Waals surface area (Å²) in [4.78, 5) is 12.0. The fourth-order valence-corrected chi connectivity index (χ4v) is 2.04. The highest BCUT2D eigenvalue weighted by Crippen LogP contribution is 2.13. The Morgan fingerprint density at radius 2 is 1.85 bits per heavy atom. The molecule has 0 aliphatic heterocycles. The number of carbonyl (C=O) groups is 1. The normalized spacial score (nSPS) is 11.8. The monoisotopic (exact) mass is 384 g/mol. The van der Waals surface area contributed by atoms with E-state index in [-0.39, 0.29) is 11.7 Å². The van der Waals surface area contributed by atoms with Crippen LogP contribution in [-0.4, -0.2) is 11.9 Å². The van der Waals surface area contributed by atoms with Crippen molar-refractivity contribution in [3.05, 3.63) is 57.9 Å². The van der Waals surface area contributed by atoms with Gasteiger partial charge in [0.2, 0.25) is 5.91 Å². The Morgan fingerprint density at radius 3 is 2.50 bits per heavy atom. The fourth-order valence-electron chi connectivity index (χ4n) is 1.68. The van der Waals surface area contributed by atoms with Crippen LogP contribution in [0.3, 0.4) is 0 Å². The number of hydrogen-bond donors (Lipinski definition) is 2. The van der Waals surface area contributed by atoms with E-state index in [1.807, 2.05) is 24.3 Å². The second-order valence-electron chi connectivity index (χ2n) is 4.37. The van der Waals surface area contributed by atoms with Crippen LogP contribution in [0.4, 0.5) is 15.8 Å². The maximum Gasteiger partial charge on any atom is 0.246 e. The standard InChI is InChI=1S/C15H14FIN2O/c1-10(18-13-7-5-12(17)6-8-13)15(20)19-14-4-2-3-11(16)9-14/h2-10,18H,1H3,(H,19,20)/t10-/m0/s1. The molecule has 0 aromatic heterocycles. The first-order chi connectivity index (χ1) is 9.54. The average molecular weight is 384 g/mol. The minimum absolute atomic E-state index is 0.214. The van der Waals surface area contributed by atoms with Crippen LogP contribution in [0, 0.1) is 9.39 Å². The predicted molar refractivity (Wildman–Crippen MR) is 87.3 cm³/mol. The summed E-state index contributed by atoms with van der Waals surface area (Å²) in [6.45, 7) is 1.76. The number of carbonyl (C=O) groups excluding carboxylic acids is 1. The third-order valence-corrected chi connectivity index (χ3v) is 3.43. The van der Waals surface area contributed by atoms with Crippen LogP contribution in [0.25, 0.3) is 0 Å². The molecule has 0 heterocycles. The Labute approximate surface area is 130 Å². The van der Waals surface area contributed by atoms with Crippen molar-refractivity contribution in [3.63, 3.8) is 0 Å². The van der Waals surface area contributed by atoms with Crippen molar-refractivity contribution in [2.45, 2.75) is 13.0 Å². The van der Waals surface area contributed by atoms with Gasteiger partial charge in [0.1, 0.15) is 11.9 Å². The zero-order chi connectivity index (χ0) is 14.5. The number of nitrogens with one attached hydrogen (secondary N) is 2. The van der Waals surface area contributed by atoms with Crippen LogP contribution in [0.1, 0.15) is 6.92 Å². The van der Waals surface area contributed by atoms with Crippen molar-refractivity contribution in [1.82, 2.24) is 0 Å². The first kappa shape index (κ1) is 14.8. The van der Waals surface area contributed by atoms with Crippen LogP contribution in [0.2, 0.25) is 0 Å². The second-order valence-corrected chi connectivity index (χ2v) is 5.62. The van der Waals surface area contributed by atoms with Gasteiger partial charge in [-0.25, -0.2) is 4.39 Å². The van der Waals surface area contributed by atoms with Crippen molar-refractivity contribution in [1.29, 1.82) is 0 Å². The van der Waals surface area contributed by atoms with Gasteiger partial charge in [-0.3, -0.25) is 4.79 Å². The lowest BCUT2D eigenvalue weighted by molar-refractivity contribution is -0.116. The van der Waals surface area contributed by atoms with E-state index in [1.54, 1.807) is 19.1 Å². The molecule has 0 bridgehead atoms. The molecule has 0 unspecified atom stereocenters. The highest BCUT2D eigenvalue weighted by Gasteiger charge is 2.12. The maximum atomic E-state index is 13.0. The van der Waals surface area contributed by atoms with Gasteiger partial charge >= 0.3 is 0 Å². The summed E-state index contributed by atoms with van der Waals surface area (Å²) in [6.07, 6.45) is 0. The molecule has 2 rings (SSSR count). The summed E-state index contributed by atoms with van der Waals surface area (Å²) in [5.74, 6) is -0.588. The van der Waals surface area contributed by atoms with E-state index in [9.17, 15) is 9.18 Å². The SMILES string of the molecule is C[C@H](Nc1ccc(I)cc1)C(=O)Nc1cccc(F)c1. The first-order valence-electron chi connectivity index (χ1n) is 6.13. The van der Waals surface area contributed by atoms with Gasteiger partial charge in [0.15, 0.2) is 0 Å². The molecule has 0 fully saturated rings. The van der Waals surface area contributed by atoms with E-state index < -0.39 is 6.04 Å². The number of anilines is 2. The smallest absolute Gasteiger partial charge is 0.246 e. The molecule has 0 spiro atoms. The number of benzene rings is 2. The van der Waals surface area contributed by atoms with E-state index >= 15 is 0 Å². The summed E-state index contributed by atoms with van der Waals surface area (Å²) >= 11 is 2.22. The second kappa shape index (κ2) is 6.69. The molecule has 5 heteroatoms. The average Bonchev–Trinajstić information content (AvgIpc) is 2.41. The summed E-state index contributed by atoms with van der Waals surface area (Å²) < 4.78 is 14.2. The number of amides is 1. The molecule has 2 N–H and O–H groups in total. The number of halogens is 2. The predicted octanol–water partition coefficient (Wildman–Crippen LogP) is 3.87. The topological polar surface area (TPSA) is 41.1 Å². The van der Waals surface area contributed by atoms with Crippen LogP contribution in [0.5, 0.6) is 0 Å². The van der Waals surface area contributed by atoms with Crippen LogP contribution >= 0.6 is 22.6 Å². The lowest BCUT2D eigenvalue weighted by Gasteiger charge is -2.15. The molecule has 2 aromatic rings. The molecule has 0 saturated carbocycles. The largest absolute Gasteiger partial charge is 0.374 e. The molecule has 0 aliphatic carbocycles. The molecule has 1 atom stereocenters. The zero-order valence-electron chi connectivity index (χ0n) is 10.9. The summed E-state index contributed by atoms with van der Waals surface area (Å²) in [5, 5.41) is 5.77. The Balaban J connectivity index is 1.96. The number of hydrogen-bond acceptors (Lipinski definition) is 2. The van der Waals surface area contributed by atoms with Crippen LogP contribution in [-0.2, 0) is 4.79 Å². The van der Waals surface area contributed by atoms with Gasteiger partial charge in [0, 0.05) is 14.9 Å². The van der Waals surface area contributed by atoms with Crippen molar-refractivity contribution < 1.29 is 9.18 Å². The van der Waals surface area contributed by atoms with Crippen LogP contribution < -0.4 is 10.6 Å². The van der Waals surface area contributed by atoms with Crippen molar-refractivity contribution in [2.24, 2.45) is 0 Å². The van der Waals surface area contributed by atoms with Gasteiger partial charge < -0.3 is 10.6 Å². The quantitative estimate of drug-likeness (QED) is 0.786. The molecule has 0 saturated heterocycles. The van der Waals surface area contributed by atoms with Gasteiger partial charge in [0.25, 0.3) is 0 Å². The minimum atomic E-state index is -0.418. The molecular formula is C15H14FIN2O. The Hall–Kier alpha value is -1.63. The molecular weight excluding hydrogens is 370 g/mol. The Kier molecular flexibility index (Phi) is 4.94. The molecule has 20 heavy (non-hydrogen) atoms. The summed E-state index contributed by atoms with van der Waals surface area (Å²) in [5.41, 5.74) is 1.32. The zero-order valence-corrected chi connectivity index (χ0v) is 13.0. The Morgan fingerprint density at radius 1 is 1.15 bits per heavy atom. The minimum Gasteiger partial charge on any atom is -0.374 e. The molecule has 3 nitrogen and oxygen atoms in total. The highest BCUT2D eigenvalue weighted by molar-refractivity contribution is 14.1. The van der Waals surface area contributed by atoms with Gasteiger partial charge in [-0.15, -0.1) is 0 Å². The highest BCUT2D eigenvalue weighted by atomic mass is 127. The molecule has 2 aromatic carbocycles. The third kappa shape index (κ3) is 4.19. The van der Waals surface area contributed by atoms with Crippen molar-refractivity contribution >= 4 is 39.9 Å². The lowest BCUT2D eigenvalue weighted by atomic mass is 10.2. The summed E-state index contributed by atoms with van der Waals surface area (Å²) in [7, 11) is 0. The molecule has 0 aliphatic rings. The van der Waals surface area contributed by atoms with E-state index in [0.29, 0.717) is 5.69 Å². The molecule has 1 amide bonds. The van der Waals surface area contributed by atoms with E-state index in [2.05, 4.69) is 33.2 Å². The van der Waals surface area contributed by atoms with E-state index in [0.717, 1.165) is 9.26 Å². The van der Waals surface area contributed by atoms with Crippen molar-refractivity contribution in [3.8, 4) is 0 Å². The van der Waals surface area contributed by atoms with Gasteiger partial charge in [0.05, 0.1) is 0 Å². The van der Waals surface area contributed by atoms with Gasteiger partial charge in [-0.05, 0) is 72.0 Å². The Bertz CT molecular complexity index is 601. The fraction of sp³-hybridized carbons (Fsp3) is 0.133. The summed E-state index contributed by atoms with van der Waals surface area (Å²) in [6, 6.07) is 13.2. The van der Waals surface area contributed by atoms with E-state index in [4.69, 9.17) is 0 Å². The van der Waals surface area contributed by atoms with Crippen LogP contribution in [0.15, 0.2) is 48.5 Å². The first-order valence-corrected chi connectivity index (χ1v) is 7.21. The maximum absolute atomic E-state index is 13.0. The van der Waals surface area contributed by atoms with Gasteiger partial charge in [-0.1, -0.05) is 6.07 Å².